The van der Waals surface area contributed by atoms with Crippen LogP contribution in [0.25, 0.3) is 0 Å². The van der Waals surface area contributed by atoms with Crippen LogP contribution in [0.4, 0.5) is 15.3 Å². The minimum atomic E-state index is -0.934. The first-order valence-electron chi connectivity index (χ1n) is 6.65. The van der Waals surface area contributed by atoms with Gasteiger partial charge in [0, 0.05) is 19.0 Å². The van der Waals surface area contributed by atoms with Crippen LogP contribution < -0.4 is 10.1 Å². The molecule has 1 aromatic carbocycles. The number of nitrogens with zero attached hydrogens (tertiary/aromatic N) is 1. The van der Waals surface area contributed by atoms with Gasteiger partial charge in [-0.25, -0.2) is 9.59 Å². The van der Waals surface area contributed by atoms with Crippen LogP contribution in [0.5, 0.6) is 5.75 Å². The molecule has 2 N–H and O–H groups in total. The van der Waals surface area contributed by atoms with Crippen molar-refractivity contribution in [1.82, 2.24) is 4.90 Å². The van der Waals surface area contributed by atoms with E-state index in [4.69, 9.17) is 14.6 Å². The zero-order valence-electron chi connectivity index (χ0n) is 11.7. The quantitative estimate of drug-likeness (QED) is 0.889. The highest BCUT2D eigenvalue weighted by molar-refractivity contribution is 5.86. The number of rotatable bonds is 4. The van der Waals surface area contributed by atoms with Gasteiger partial charge in [-0.15, -0.1) is 0 Å². The number of likely N-dealkylation sites (tertiary alicyclic amines) is 1. The summed E-state index contributed by atoms with van der Waals surface area (Å²) in [5, 5.41) is 11.5. The summed E-state index contributed by atoms with van der Waals surface area (Å²) in [6.45, 7) is 1.08. The molecule has 21 heavy (non-hydrogen) atoms. The van der Waals surface area contributed by atoms with E-state index in [-0.39, 0.29) is 12.5 Å². The van der Waals surface area contributed by atoms with Crippen LogP contribution >= 0.6 is 0 Å². The lowest BCUT2D eigenvalue weighted by molar-refractivity contribution is 0.135. The maximum Gasteiger partial charge on any atom is 0.411 e. The van der Waals surface area contributed by atoms with E-state index in [0.29, 0.717) is 30.9 Å². The maximum atomic E-state index is 11.7. The number of carboxylic acid groups (broad SMARTS) is 1. The van der Waals surface area contributed by atoms with Crippen molar-refractivity contribution in [2.45, 2.75) is 6.42 Å². The number of hydrogen-bond acceptors (Lipinski definition) is 4. The predicted octanol–water partition coefficient (Wildman–Crippen LogP) is 2.24. The smallest absolute Gasteiger partial charge is 0.411 e. The number of ether oxygens (including phenoxy) is 2. The Morgan fingerprint density at radius 1 is 1.43 bits per heavy atom. The van der Waals surface area contributed by atoms with Gasteiger partial charge in [0.25, 0.3) is 0 Å². The van der Waals surface area contributed by atoms with Crippen molar-refractivity contribution in [3.8, 4) is 5.75 Å². The molecule has 0 aliphatic carbocycles. The highest BCUT2D eigenvalue weighted by atomic mass is 16.5. The van der Waals surface area contributed by atoms with Gasteiger partial charge in [-0.1, -0.05) is 12.1 Å². The molecule has 2 rings (SSSR count). The third-order valence-electron chi connectivity index (χ3n) is 3.35. The van der Waals surface area contributed by atoms with E-state index in [2.05, 4.69) is 5.32 Å². The van der Waals surface area contributed by atoms with Crippen LogP contribution in [0.15, 0.2) is 24.3 Å². The van der Waals surface area contributed by atoms with Gasteiger partial charge in [-0.3, -0.25) is 5.32 Å². The molecule has 7 heteroatoms. The van der Waals surface area contributed by atoms with Gasteiger partial charge >= 0.3 is 12.2 Å². The fraction of sp³-hybridized carbons (Fsp3) is 0.429. The van der Waals surface area contributed by atoms with E-state index >= 15 is 0 Å². The van der Waals surface area contributed by atoms with Gasteiger partial charge < -0.3 is 19.5 Å². The highest BCUT2D eigenvalue weighted by Crippen LogP contribution is 2.23. The third kappa shape index (κ3) is 4.01. The summed E-state index contributed by atoms with van der Waals surface area (Å²) in [5.74, 6) is 0.594. The molecule has 1 heterocycles. The zero-order chi connectivity index (χ0) is 15.2. The van der Waals surface area contributed by atoms with Crippen molar-refractivity contribution in [3.05, 3.63) is 24.3 Å². The summed E-state index contributed by atoms with van der Waals surface area (Å²) in [6.07, 6.45) is -0.807. The lowest BCUT2D eigenvalue weighted by Crippen LogP contribution is -2.28. The topological polar surface area (TPSA) is 88.1 Å². The Morgan fingerprint density at radius 3 is 2.86 bits per heavy atom. The molecule has 0 radical (unpaired) electrons. The fourth-order valence-corrected chi connectivity index (χ4v) is 2.23. The molecule has 2 amide bonds. The van der Waals surface area contributed by atoms with Crippen LogP contribution in [0.3, 0.4) is 0 Å². The lowest BCUT2D eigenvalue weighted by atomic mass is 10.1. The molecule has 1 fully saturated rings. The molecule has 7 nitrogen and oxygen atoms in total. The summed E-state index contributed by atoms with van der Waals surface area (Å²) in [4.78, 5) is 23.8. The first-order valence-corrected chi connectivity index (χ1v) is 6.65. The molecule has 0 bridgehead atoms. The SMILES string of the molecule is COc1ccccc1NC(=O)OCC1CCN(C(=O)O)C1. The summed E-state index contributed by atoms with van der Waals surface area (Å²) in [6, 6.07) is 7.02. The van der Waals surface area contributed by atoms with Crippen LogP contribution in [-0.4, -0.2) is 49.0 Å². The predicted molar refractivity (Wildman–Crippen MR) is 75.7 cm³/mol. The summed E-state index contributed by atoms with van der Waals surface area (Å²) < 4.78 is 10.3. The average Bonchev–Trinajstić information content (AvgIpc) is 2.95. The van der Waals surface area contributed by atoms with Crippen molar-refractivity contribution in [2.75, 3.05) is 32.1 Å². The van der Waals surface area contributed by atoms with E-state index in [1.165, 1.54) is 12.0 Å². The maximum absolute atomic E-state index is 11.7. The van der Waals surface area contributed by atoms with Gasteiger partial charge in [-0.05, 0) is 18.6 Å². The number of anilines is 1. The van der Waals surface area contributed by atoms with E-state index in [0.717, 1.165) is 0 Å². The number of carbonyl (C=O) groups excluding carboxylic acids is 1. The molecular weight excluding hydrogens is 276 g/mol. The van der Waals surface area contributed by atoms with Crippen molar-refractivity contribution in [2.24, 2.45) is 5.92 Å². The molecule has 1 aliphatic rings. The molecule has 0 aromatic heterocycles. The second kappa shape index (κ2) is 6.83. The van der Waals surface area contributed by atoms with E-state index < -0.39 is 12.2 Å². The lowest BCUT2D eigenvalue weighted by Gasteiger charge is -2.13. The monoisotopic (exact) mass is 294 g/mol. The Bertz CT molecular complexity index is 520. The normalized spacial score (nSPS) is 17.4. The van der Waals surface area contributed by atoms with Crippen molar-refractivity contribution in [1.29, 1.82) is 0 Å². The standard InChI is InChI=1S/C14H18N2O5/c1-20-12-5-3-2-4-11(12)15-13(17)21-9-10-6-7-16(8-10)14(18)19/h2-5,10H,6-9H2,1H3,(H,15,17)(H,18,19). The second-order valence-electron chi connectivity index (χ2n) is 4.81. The minimum absolute atomic E-state index is 0.0459. The Labute approximate surface area is 122 Å². The molecule has 1 aromatic rings. The Kier molecular flexibility index (Phi) is 4.86. The summed E-state index contributed by atoms with van der Waals surface area (Å²) in [7, 11) is 1.52. The molecule has 114 valence electrons. The zero-order valence-corrected chi connectivity index (χ0v) is 11.7. The van der Waals surface area contributed by atoms with Gasteiger partial charge in [-0.2, -0.15) is 0 Å². The Morgan fingerprint density at radius 2 is 2.19 bits per heavy atom. The van der Waals surface area contributed by atoms with Gasteiger partial charge in [0.2, 0.25) is 0 Å². The number of amides is 2. The van der Waals surface area contributed by atoms with Gasteiger partial charge in [0.05, 0.1) is 19.4 Å². The van der Waals surface area contributed by atoms with Crippen LogP contribution in [-0.2, 0) is 4.74 Å². The van der Waals surface area contributed by atoms with Crippen molar-refractivity contribution in [3.63, 3.8) is 0 Å². The molecule has 1 saturated heterocycles. The number of benzene rings is 1. The van der Waals surface area contributed by atoms with Crippen LogP contribution in [0.2, 0.25) is 0 Å². The summed E-state index contributed by atoms with van der Waals surface area (Å²) in [5.41, 5.74) is 0.531. The molecule has 1 aliphatic heterocycles. The number of para-hydroxylation sites is 2. The first-order chi connectivity index (χ1) is 10.1. The van der Waals surface area contributed by atoms with Gasteiger partial charge in [0.15, 0.2) is 0 Å². The molecule has 0 saturated carbocycles. The number of methoxy groups -OCH3 is 1. The largest absolute Gasteiger partial charge is 0.495 e. The molecule has 0 spiro atoms. The Balaban J connectivity index is 1.79. The van der Waals surface area contributed by atoms with Gasteiger partial charge in [0.1, 0.15) is 5.75 Å². The Hall–Kier alpha value is -2.44. The molecule has 1 atom stereocenters. The molecule has 1 unspecified atom stereocenters. The average molecular weight is 294 g/mol. The number of carbonyl (C=O) groups is 2. The first kappa shape index (κ1) is 15.0. The van der Waals surface area contributed by atoms with Crippen molar-refractivity contribution >= 4 is 17.9 Å². The summed E-state index contributed by atoms with van der Waals surface area (Å²) >= 11 is 0. The number of hydrogen-bond donors (Lipinski definition) is 2. The van der Waals surface area contributed by atoms with E-state index in [1.54, 1.807) is 24.3 Å². The van der Waals surface area contributed by atoms with Crippen LogP contribution in [0, 0.1) is 5.92 Å². The number of nitrogens with one attached hydrogen (secondary N) is 1. The van der Waals surface area contributed by atoms with Crippen LogP contribution in [0.1, 0.15) is 6.42 Å². The molecular formula is C14H18N2O5. The fourth-order valence-electron chi connectivity index (χ4n) is 2.23. The minimum Gasteiger partial charge on any atom is -0.495 e. The highest BCUT2D eigenvalue weighted by Gasteiger charge is 2.26. The second-order valence-corrected chi connectivity index (χ2v) is 4.81. The van der Waals surface area contributed by atoms with E-state index in [1.807, 2.05) is 0 Å². The van der Waals surface area contributed by atoms with Crippen molar-refractivity contribution < 1.29 is 24.2 Å². The van der Waals surface area contributed by atoms with E-state index in [9.17, 15) is 9.59 Å². The third-order valence-corrected chi connectivity index (χ3v) is 3.35.